The minimum Gasteiger partial charge on any atom is -0.334 e. The molecule has 0 saturated carbocycles. The highest BCUT2D eigenvalue weighted by Crippen LogP contribution is 2.15. The fraction of sp³-hybridized carbons (Fsp3) is 0.562. The van der Waals surface area contributed by atoms with Crippen LogP contribution >= 0.6 is 11.6 Å². The molecule has 1 aliphatic heterocycles. The van der Waals surface area contributed by atoms with Crippen LogP contribution in [0.25, 0.3) is 0 Å². The Morgan fingerprint density at radius 1 is 1.29 bits per heavy atom. The van der Waals surface area contributed by atoms with Crippen molar-refractivity contribution in [2.75, 3.05) is 27.2 Å². The van der Waals surface area contributed by atoms with E-state index in [1.165, 1.54) is 0 Å². The van der Waals surface area contributed by atoms with E-state index in [9.17, 15) is 4.79 Å². The highest BCUT2D eigenvalue weighted by Gasteiger charge is 2.21. The third kappa shape index (κ3) is 4.90. The van der Waals surface area contributed by atoms with Gasteiger partial charge in [0.05, 0.1) is 0 Å². The molecule has 4 nitrogen and oxygen atoms in total. The Hall–Kier alpha value is -1.26. The molecule has 1 aromatic carbocycles. The number of halogens is 1. The number of carbonyl (C=O) groups excluding carboxylic acids is 1. The van der Waals surface area contributed by atoms with E-state index in [1.807, 2.05) is 29.2 Å². The first-order valence-corrected chi connectivity index (χ1v) is 7.87. The third-order valence-corrected chi connectivity index (χ3v) is 4.32. The van der Waals surface area contributed by atoms with Gasteiger partial charge in [-0.3, -0.25) is 0 Å². The number of benzene rings is 1. The van der Waals surface area contributed by atoms with Crippen molar-refractivity contribution in [2.24, 2.45) is 0 Å². The summed E-state index contributed by atoms with van der Waals surface area (Å²) in [5.41, 5.74) is 1.06. The second-order valence-electron chi connectivity index (χ2n) is 5.82. The maximum Gasteiger partial charge on any atom is 0.317 e. The van der Waals surface area contributed by atoms with E-state index < -0.39 is 0 Å². The Bertz CT molecular complexity index is 461. The molecule has 0 bridgehead atoms. The summed E-state index contributed by atoms with van der Waals surface area (Å²) in [6.07, 6.45) is 3.27. The molecule has 21 heavy (non-hydrogen) atoms. The predicted octanol–water partition coefficient (Wildman–Crippen LogP) is 2.97. The number of nitrogens with zero attached hydrogens (tertiary/aromatic N) is 2. The molecule has 116 valence electrons. The SMILES string of the molecule is CN(C)[C@H]1CCCN(C(=O)NCc2ccc(Cl)cc2)CC1. The molecule has 0 spiro atoms. The fourth-order valence-electron chi connectivity index (χ4n) is 2.69. The molecule has 2 rings (SSSR count). The summed E-state index contributed by atoms with van der Waals surface area (Å²) in [5, 5.41) is 3.71. The first kappa shape index (κ1) is 16.1. The number of rotatable bonds is 3. The molecule has 1 atom stereocenters. The minimum absolute atomic E-state index is 0.0318. The van der Waals surface area contributed by atoms with Gasteiger partial charge >= 0.3 is 6.03 Å². The molecule has 0 radical (unpaired) electrons. The van der Waals surface area contributed by atoms with Gasteiger partial charge in [0, 0.05) is 30.7 Å². The van der Waals surface area contributed by atoms with Crippen LogP contribution in [0.2, 0.25) is 5.02 Å². The standard InChI is InChI=1S/C16H24ClN3O/c1-19(2)15-4-3-10-20(11-9-15)16(21)18-12-13-5-7-14(17)8-6-13/h5-8,15H,3-4,9-12H2,1-2H3,(H,18,21)/t15-/m0/s1. The van der Waals surface area contributed by atoms with Crippen LogP contribution in [0, 0.1) is 0 Å². The number of likely N-dealkylation sites (tertiary alicyclic amines) is 1. The quantitative estimate of drug-likeness (QED) is 0.932. The summed E-state index contributed by atoms with van der Waals surface area (Å²) in [4.78, 5) is 16.4. The Kier molecular flexibility index (Phi) is 5.88. The van der Waals surface area contributed by atoms with Crippen LogP contribution in [-0.4, -0.2) is 49.1 Å². The van der Waals surface area contributed by atoms with Crippen molar-refractivity contribution in [3.8, 4) is 0 Å². The van der Waals surface area contributed by atoms with Gasteiger partial charge in [0.1, 0.15) is 0 Å². The van der Waals surface area contributed by atoms with E-state index in [4.69, 9.17) is 11.6 Å². The minimum atomic E-state index is 0.0318. The number of amides is 2. The van der Waals surface area contributed by atoms with E-state index in [0.717, 1.165) is 37.9 Å². The average Bonchev–Trinajstić information content (AvgIpc) is 2.72. The first-order chi connectivity index (χ1) is 10.1. The van der Waals surface area contributed by atoms with Gasteiger partial charge in [-0.2, -0.15) is 0 Å². The molecule has 0 aliphatic carbocycles. The molecule has 1 saturated heterocycles. The molecular weight excluding hydrogens is 286 g/mol. The topological polar surface area (TPSA) is 35.6 Å². The largest absolute Gasteiger partial charge is 0.334 e. The first-order valence-electron chi connectivity index (χ1n) is 7.50. The molecule has 1 heterocycles. The van der Waals surface area contributed by atoms with Crippen LogP contribution in [0.1, 0.15) is 24.8 Å². The maximum atomic E-state index is 12.2. The van der Waals surface area contributed by atoms with Crippen LogP contribution in [0.4, 0.5) is 4.79 Å². The molecule has 5 heteroatoms. The second-order valence-corrected chi connectivity index (χ2v) is 6.26. The number of urea groups is 1. The smallest absolute Gasteiger partial charge is 0.317 e. The Labute approximate surface area is 132 Å². The van der Waals surface area contributed by atoms with Crippen LogP contribution in [0.15, 0.2) is 24.3 Å². The molecule has 1 aromatic rings. The Balaban J connectivity index is 1.81. The lowest BCUT2D eigenvalue weighted by molar-refractivity contribution is 0.197. The van der Waals surface area contributed by atoms with Crippen molar-refractivity contribution >= 4 is 17.6 Å². The summed E-state index contributed by atoms with van der Waals surface area (Å²) in [7, 11) is 4.22. The van der Waals surface area contributed by atoms with E-state index >= 15 is 0 Å². The number of hydrogen-bond acceptors (Lipinski definition) is 2. The van der Waals surface area contributed by atoms with Gasteiger partial charge in [0.2, 0.25) is 0 Å². The summed E-state index contributed by atoms with van der Waals surface area (Å²) in [5.74, 6) is 0. The lowest BCUT2D eigenvalue weighted by atomic mass is 10.1. The van der Waals surface area contributed by atoms with Gasteiger partial charge in [0.25, 0.3) is 0 Å². The van der Waals surface area contributed by atoms with E-state index in [1.54, 1.807) is 0 Å². The van der Waals surface area contributed by atoms with Crippen molar-refractivity contribution in [3.63, 3.8) is 0 Å². The summed E-state index contributed by atoms with van der Waals surface area (Å²) < 4.78 is 0. The number of nitrogens with one attached hydrogen (secondary N) is 1. The zero-order valence-corrected chi connectivity index (χ0v) is 13.6. The zero-order valence-electron chi connectivity index (χ0n) is 12.8. The van der Waals surface area contributed by atoms with Crippen molar-refractivity contribution in [1.82, 2.24) is 15.1 Å². The highest BCUT2D eigenvalue weighted by molar-refractivity contribution is 6.30. The van der Waals surface area contributed by atoms with Crippen molar-refractivity contribution in [1.29, 1.82) is 0 Å². The van der Waals surface area contributed by atoms with Crippen LogP contribution < -0.4 is 5.32 Å². The molecule has 2 amide bonds. The van der Waals surface area contributed by atoms with E-state index in [2.05, 4.69) is 24.3 Å². The summed E-state index contributed by atoms with van der Waals surface area (Å²) in [6.45, 7) is 2.22. The Morgan fingerprint density at radius 2 is 2.00 bits per heavy atom. The maximum absolute atomic E-state index is 12.2. The molecule has 1 fully saturated rings. The fourth-order valence-corrected chi connectivity index (χ4v) is 2.82. The summed E-state index contributed by atoms with van der Waals surface area (Å²) in [6, 6.07) is 8.18. The molecular formula is C16H24ClN3O. The van der Waals surface area contributed by atoms with E-state index in [0.29, 0.717) is 17.6 Å². The van der Waals surface area contributed by atoms with E-state index in [-0.39, 0.29) is 6.03 Å². The van der Waals surface area contributed by atoms with Crippen molar-refractivity contribution in [2.45, 2.75) is 31.8 Å². The second kappa shape index (κ2) is 7.66. The van der Waals surface area contributed by atoms with Crippen molar-refractivity contribution in [3.05, 3.63) is 34.9 Å². The van der Waals surface area contributed by atoms with Gasteiger partial charge < -0.3 is 15.1 Å². The molecule has 0 aromatic heterocycles. The highest BCUT2D eigenvalue weighted by atomic mass is 35.5. The van der Waals surface area contributed by atoms with Crippen LogP contribution in [-0.2, 0) is 6.54 Å². The van der Waals surface area contributed by atoms with Crippen molar-refractivity contribution < 1.29 is 4.79 Å². The third-order valence-electron chi connectivity index (χ3n) is 4.07. The normalized spacial score (nSPS) is 19.4. The van der Waals surface area contributed by atoms with Crippen LogP contribution in [0.3, 0.4) is 0 Å². The monoisotopic (exact) mass is 309 g/mol. The average molecular weight is 310 g/mol. The lowest BCUT2D eigenvalue weighted by Crippen LogP contribution is -2.40. The van der Waals surface area contributed by atoms with Gasteiger partial charge in [-0.1, -0.05) is 23.7 Å². The molecule has 0 unspecified atom stereocenters. The van der Waals surface area contributed by atoms with Gasteiger partial charge in [0.15, 0.2) is 0 Å². The molecule has 1 N–H and O–H groups in total. The zero-order chi connectivity index (χ0) is 15.2. The Morgan fingerprint density at radius 3 is 2.67 bits per heavy atom. The predicted molar refractivity (Wildman–Crippen MR) is 86.6 cm³/mol. The van der Waals surface area contributed by atoms with Crippen LogP contribution in [0.5, 0.6) is 0 Å². The number of hydrogen-bond donors (Lipinski definition) is 1. The summed E-state index contributed by atoms with van der Waals surface area (Å²) >= 11 is 5.85. The lowest BCUT2D eigenvalue weighted by Gasteiger charge is -2.23. The molecule has 1 aliphatic rings. The van der Waals surface area contributed by atoms with Gasteiger partial charge in [-0.25, -0.2) is 4.79 Å². The van der Waals surface area contributed by atoms with Gasteiger partial charge in [-0.05, 0) is 51.1 Å². The number of carbonyl (C=O) groups is 1. The van der Waals surface area contributed by atoms with Gasteiger partial charge in [-0.15, -0.1) is 0 Å².